The topological polar surface area (TPSA) is 88.6 Å². The van der Waals surface area contributed by atoms with Gasteiger partial charge in [-0.3, -0.25) is 9.69 Å². The number of ether oxygens (including phenoxy) is 2. The Morgan fingerprint density at radius 2 is 2.19 bits per heavy atom. The minimum atomic E-state index is -0.506. The molecule has 0 bridgehead atoms. The number of benzene rings is 2. The maximum Gasteiger partial charge on any atom is 0.248 e. The molecule has 0 spiro atoms. The van der Waals surface area contributed by atoms with Crippen LogP contribution in [0.4, 0.5) is 21.6 Å². The average Bonchev–Trinajstić information content (AvgIpc) is 3.34. The summed E-state index contributed by atoms with van der Waals surface area (Å²) in [6.45, 7) is 3.47. The molecule has 0 aliphatic carbocycles. The summed E-state index contributed by atoms with van der Waals surface area (Å²) in [6.07, 6.45) is 7.43. The summed E-state index contributed by atoms with van der Waals surface area (Å²) in [6, 6.07) is 7.79. The molecule has 2 N–H and O–H groups in total. The predicted octanol–water partition coefficient (Wildman–Crippen LogP) is 4.78. The molecular weight excluding hydrogens is 485 g/mol. The van der Waals surface area contributed by atoms with Crippen molar-refractivity contribution >= 4 is 45.6 Å². The fraction of sp³-hybridized carbons (Fsp3) is 0.346. The van der Waals surface area contributed by atoms with Crippen LogP contribution in [0, 0.1) is 11.7 Å². The number of nitrogens with one attached hydrogen (secondary N) is 2. The van der Waals surface area contributed by atoms with Crippen molar-refractivity contribution in [2.24, 2.45) is 5.92 Å². The third kappa shape index (κ3) is 5.43. The molecule has 2 aliphatic rings. The number of aromatic nitrogens is 2. The van der Waals surface area contributed by atoms with E-state index in [2.05, 4.69) is 25.5 Å². The van der Waals surface area contributed by atoms with Gasteiger partial charge < -0.3 is 20.1 Å². The van der Waals surface area contributed by atoms with Crippen molar-refractivity contribution in [1.29, 1.82) is 0 Å². The Kier molecular flexibility index (Phi) is 7.31. The Labute approximate surface area is 213 Å². The first-order valence-electron chi connectivity index (χ1n) is 11.9. The largest absolute Gasteiger partial charge is 0.494 e. The van der Waals surface area contributed by atoms with Gasteiger partial charge in [0.25, 0.3) is 0 Å². The summed E-state index contributed by atoms with van der Waals surface area (Å²) in [5.74, 6) is 0.857. The van der Waals surface area contributed by atoms with Crippen LogP contribution >= 0.6 is 11.6 Å². The standard InChI is InChI=1S/C26H27ClFN5O3/c1-35-23-13-21-18(26(30-15-29-21)31-17-4-5-20(28)19(27)11-17)12-22(23)32-25(34)3-2-8-33-9-6-16-7-10-36-24(16)14-33/h2-5,11-13,15-16,24H,6-10,14H2,1H3,(H,32,34)(H,29,30,31). The molecule has 36 heavy (non-hydrogen) atoms. The fourth-order valence-corrected chi connectivity index (χ4v) is 4.91. The number of hydrogen-bond acceptors (Lipinski definition) is 7. The van der Waals surface area contributed by atoms with Crippen LogP contribution in [-0.4, -0.2) is 60.2 Å². The predicted molar refractivity (Wildman–Crippen MR) is 137 cm³/mol. The van der Waals surface area contributed by atoms with Crippen LogP contribution in [0.2, 0.25) is 5.02 Å². The lowest BCUT2D eigenvalue weighted by Gasteiger charge is -2.33. The lowest BCUT2D eigenvalue weighted by Crippen LogP contribution is -2.42. The highest BCUT2D eigenvalue weighted by molar-refractivity contribution is 6.31. The summed E-state index contributed by atoms with van der Waals surface area (Å²) in [4.78, 5) is 23.6. The maximum atomic E-state index is 13.5. The molecular formula is C26H27ClFN5O3. The molecule has 5 rings (SSSR count). The molecule has 0 radical (unpaired) electrons. The molecule has 0 saturated carbocycles. The van der Waals surface area contributed by atoms with E-state index in [9.17, 15) is 9.18 Å². The van der Waals surface area contributed by atoms with Gasteiger partial charge in [0.1, 0.15) is 23.7 Å². The number of hydrogen-bond donors (Lipinski definition) is 2. The number of piperidine rings is 1. The lowest BCUT2D eigenvalue weighted by molar-refractivity contribution is -0.111. The van der Waals surface area contributed by atoms with Gasteiger partial charge in [0.2, 0.25) is 5.91 Å². The van der Waals surface area contributed by atoms with Crippen LogP contribution < -0.4 is 15.4 Å². The molecule has 2 unspecified atom stereocenters. The Morgan fingerprint density at radius 3 is 3.03 bits per heavy atom. The van der Waals surface area contributed by atoms with Gasteiger partial charge >= 0.3 is 0 Å². The van der Waals surface area contributed by atoms with Gasteiger partial charge in [0.15, 0.2) is 0 Å². The molecule has 188 valence electrons. The van der Waals surface area contributed by atoms with Gasteiger partial charge in [-0.15, -0.1) is 0 Å². The van der Waals surface area contributed by atoms with E-state index in [1.807, 2.05) is 6.08 Å². The smallest absolute Gasteiger partial charge is 0.248 e. The monoisotopic (exact) mass is 511 g/mol. The van der Waals surface area contributed by atoms with Crippen LogP contribution in [0.25, 0.3) is 10.9 Å². The van der Waals surface area contributed by atoms with Gasteiger partial charge in [-0.05, 0) is 49.6 Å². The van der Waals surface area contributed by atoms with Crippen LogP contribution in [0.1, 0.15) is 12.8 Å². The van der Waals surface area contributed by atoms with Gasteiger partial charge in [0.05, 0.1) is 29.4 Å². The third-order valence-electron chi connectivity index (χ3n) is 6.63. The van der Waals surface area contributed by atoms with Crippen LogP contribution in [0.5, 0.6) is 5.75 Å². The average molecular weight is 512 g/mol. The van der Waals surface area contributed by atoms with Crippen molar-refractivity contribution in [2.45, 2.75) is 18.9 Å². The maximum absolute atomic E-state index is 13.5. The highest BCUT2D eigenvalue weighted by atomic mass is 35.5. The Balaban J connectivity index is 1.30. The Morgan fingerprint density at radius 1 is 1.31 bits per heavy atom. The summed E-state index contributed by atoms with van der Waals surface area (Å²) in [5, 5.41) is 6.67. The van der Waals surface area contributed by atoms with Crippen molar-refractivity contribution in [3.8, 4) is 5.75 Å². The minimum absolute atomic E-state index is 0.0000837. The van der Waals surface area contributed by atoms with E-state index in [-0.39, 0.29) is 10.9 Å². The fourth-order valence-electron chi connectivity index (χ4n) is 4.73. The van der Waals surface area contributed by atoms with E-state index in [0.29, 0.717) is 52.4 Å². The Bertz CT molecular complexity index is 1300. The lowest BCUT2D eigenvalue weighted by atomic mass is 9.93. The van der Waals surface area contributed by atoms with E-state index in [0.717, 1.165) is 32.5 Å². The number of fused-ring (bicyclic) bond motifs is 2. The molecule has 3 heterocycles. The second kappa shape index (κ2) is 10.8. The molecule has 2 aliphatic heterocycles. The van der Waals surface area contributed by atoms with E-state index in [1.54, 1.807) is 18.2 Å². The normalized spacial score (nSPS) is 20.0. The molecule has 10 heteroatoms. The summed E-state index contributed by atoms with van der Waals surface area (Å²) in [7, 11) is 1.53. The van der Waals surface area contributed by atoms with E-state index in [1.165, 1.54) is 31.6 Å². The molecule has 2 aromatic carbocycles. The second-order valence-electron chi connectivity index (χ2n) is 8.94. The number of amides is 1. The number of likely N-dealkylation sites (tertiary alicyclic amines) is 1. The molecule has 2 saturated heterocycles. The molecule has 1 aromatic heterocycles. The highest BCUT2D eigenvalue weighted by Gasteiger charge is 2.33. The first-order chi connectivity index (χ1) is 17.5. The van der Waals surface area contributed by atoms with Crippen LogP contribution in [-0.2, 0) is 9.53 Å². The molecule has 3 aromatic rings. The Hall–Kier alpha value is -3.27. The molecule has 1 amide bonds. The number of halogens is 2. The molecule has 8 nitrogen and oxygen atoms in total. The van der Waals surface area contributed by atoms with E-state index in [4.69, 9.17) is 21.1 Å². The van der Waals surface area contributed by atoms with Gasteiger partial charge in [0, 0.05) is 42.9 Å². The summed E-state index contributed by atoms with van der Waals surface area (Å²) >= 11 is 5.91. The summed E-state index contributed by atoms with van der Waals surface area (Å²) < 4.78 is 24.8. The van der Waals surface area contributed by atoms with Crippen molar-refractivity contribution in [3.63, 3.8) is 0 Å². The zero-order chi connectivity index (χ0) is 25.1. The number of nitrogens with zero attached hydrogens (tertiary/aromatic N) is 3. The number of anilines is 3. The number of carbonyl (C=O) groups is 1. The summed E-state index contributed by atoms with van der Waals surface area (Å²) in [5.41, 5.74) is 1.66. The first-order valence-corrected chi connectivity index (χ1v) is 12.2. The number of rotatable bonds is 7. The van der Waals surface area contributed by atoms with Gasteiger partial charge in [-0.1, -0.05) is 17.7 Å². The van der Waals surface area contributed by atoms with Crippen molar-refractivity contribution in [2.75, 3.05) is 44.0 Å². The first kappa shape index (κ1) is 24.4. The number of carbonyl (C=O) groups excluding carboxylic acids is 1. The van der Waals surface area contributed by atoms with E-state index >= 15 is 0 Å². The zero-order valence-corrected chi connectivity index (χ0v) is 20.6. The zero-order valence-electron chi connectivity index (χ0n) is 19.8. The quantitative estimate of drug-likeness (QED) is 0.441. The SMILES string of the molecule is COc1cc2ncnc(Nc3ccc(F)c(Cl)c3)c2cc1NC(=O)C=CCN1CCC2CCOC2C1. The molecule has 2 fully saturated rings. The second-order valence-corrected chi connectivity index (χ2v) is 9.35. The van der Waals surface area contributed by atoms with Gasteiger partial charge in [-0.25, -0.2) is 14.4 Å². The van der Waals surface area contributed by atoms with Crippen LogP contribution in [0.15, 0.2) is 48.8 Å². The van der Waals surface area contributed by atoms with Gasteiger partial charge in [-0.2, -0.15) is 0 Å². The van der Waals surface area contributed by atoms with Crippen LogP contribution in [0.3, 0.4) is 0 Å². The molecule has 2 atom stereocenters. The van der Waals surface area contributed by atoms with E-state index < -0.39 is 5.82 Å². The third-order valence-corrected chi connectivity index (χ3v) is 6.92. The van der Waals surface area contributed by atoms with Crippen molar-refractivity contribution in [3.05, 3.63) is 59.7 Å². The minimum Gasteiger partial charge on any atom is -0.494 e. The highest BCUT2D eigenvalue weighted by Crippen LogP contribution is 2.34. The number of methoxy groups -OCH3 is 1. The van der Waals surface area contributed by atoms with Crippen molar-refractivity contribution in [1.82, 2.24) is 14.9 Å². The van der Waals surface area contributed by atoms with Crippen molar-refractivity contribution < 1.29 is 18.7 Å².